The lowest BCUT2D eigenvalue weighted by atomic mass is 10.1. The molecule has 2 aromatic rings. The van der Waals surface area contributed by atoms with Gasteiger partial charge in [0.05, 0.1) is 16.5 Å². The smallest absolute Gasteiger partial charge is 0.246 e. The van der Waals surface area contributed by atoms with Gasteiger partial charge >= 0.3 is 0 Å². The number of halogens is 1. The van der Waals surface area contributed by atoms with Crippen molar-refractivity contribution in [3.8, 4) is 0 Å². The first-order chi connectivity index (χ1) is 11.0. The van der Waals surface area contributed by atoms with E-state index >= 15 is 0 Å². The monoisotopic (exact) mass is 347 g/mol. The number of benzene rings is 1. The summed E-state index contributed by atoms with van der Waals surface area (Å²) in [5.41, 5.74) is 3.00. The molecule has 23 heavy (non-hydrogen) atoms. The predicted octanol–water partition coefficient (Wildman–Crippen LogP) is 3.88. The van der Waals surface area contributed by atoms with E-state index in [0.29, 0.717) is 17.3 Å². The summed E-state index contributed by atoms with van der Waals surface area (Å²) in [6.07, 6.45) is 1.27. The van der Waals surface area contributed by atoms with Crippen LogP contribution in [0.25, 0.3) is 0 Å². The van der Waals surface area contributed by atoms with Crippen LogP contribution in [0.5, 0.6) is 0 Å². The number of thiophene rings is 1. The van der Waals surface area contributed by atoms with E-state index in [1.165, 1.54) is 17.4 Å². The highest BCUT2D eigenvalue weighted by atomic mass is 35.5. The molecule has 0 fully saturated rings. The third kappa shape index (κ3) is 3.07. The number of amides is 1. The first-order valence-electron chi connectivity index (χ1n) is 7.45. The molecule has 1 aliphatic carbocycles. The highest BCUT2D eigenvalue weighted by Crippen LogP contribution is 2.36. The Morgan fingerprint density at radius 1 is 1.52 bits per heavy atom. The molecule has 5 heteroatoms. The number of nitrogens with zero attached hydrogens (tertiary/aromatic N) is 1. The molecule has 0 aliphatic heterocycles. The molecule has 1 heterocycles. The zero-order valence-electron chi connectivity index (χ0n) is 12.8. The predicted molar refractivity (Wildman–Crippen MR) is 93.7 cm³/mol. The van der Waals surface area contributed by atoms with E-state index in [2.05, 4.69) is 6.58 Å². The van der Waals surface area contributed by atoms with Gasteiger partial charge in [-0.05, 0) is 42.2 Å². The van der Waals surface area contributed by atoms with Crippen LogP contribution in [0.3, 0.4) is 0 Å². The van der Waals surface area contributed by atoms with Crippen molar-refractivity contribution in [1.82, 2.24) is 4.90 Å². The summed E-state index contributed by atoms with van der Waals surface area (Å²) in [6.45, 7) is 6.01. The Balaban J connectivity index is 1.90. The second kappa shape index (κ2) is 6.48. The summed E-state index contributed by atoms with van der Waals surface area (Å²) < 4.78 is 0.707. The van der Waals surface area contributed by atoms with Crippen molar-refractivity contribution in [1.29, 1.82) is 0 Å². The van der Waals surface area contributed by atoms with Crippen LogP contribution in [-0.4, -0.2) is 22.0 Å². The Labute approximate surface area is 144 Å². The zero-order chi connectivity index (χ0) is 16.6. The Morgan fingerprint density at radius 2 is 2.26 bits per heavy atom. The van der Waals surface area contributed by atoms with Crippen molar-refractivity contribution in [2.45, 2.75) is 32.0 Å². The number of hydrogen-bond donors (Lipinski definition) is 1. The van der Waals surface area contributed by atoms with Gasteiger partial charge in [0.15, 0.2) is 0 Å². The van der Waals surface area contributed by atoms with Crippen molar-refractivity contribution >= 4 is 28.8 Å². The number of aryl methyl sites for hydroxylation is 1. The van der Waals surface area contributed by atoms with Gasteiger partial charge in [-0.3, -0.25) is 4.79 Å². The summed E-state index contributed by atoms with van der Waals surface area (Å²) in [5.74, 6) is -0.177. The summed E-state index contributed by atoms with van der Waals surface area (Å²) in [6, 6.07) is 9.39. The number of aliphatic hydroxyl groups excluding tert-OH is 1. The molecule has 1 aliphatic rings. The molecule has 2 atom stereocenters. The maximum Gasteiger partial charge on any atom is 0.246 e. The van der Waals surface area contributed by atoms with Gasteiger partial charge in [0.2, 0.25) is 5.91 Å². The fourth-order valence-corrected chi connectivity index (χ4v) is 4.36. The standard InChI is InChI=1S/C18H18ClNO2S/c1-3-17(21)20(10-13-9-16(19)23-11(13)2)15-8-12-6-4-5-7-14(12)18(15)22/h3-7,9,15,18,22H,1,8,10H2,2H3/t15-,18+/m1/s1. The molecule has 0 saturated heterocycles. The number of aliphatic hydroxyl groups is 1. The van der Waals surface area contributed by atoms with Crippen LogP contribution in [0.2, 0.25) is 4.34 Å². The van der Waals surface area contributed by atoms with Gasteiger partial charge in [0.1, 0.15) is 0 Å². The summed E-state index contributed by atoms with van der Waals surface area (Å²) in [7, 11) is 0. The van der Waals surface area contributed by atoms with Crippen molar-refractivity contribution in [3.63, 3.8) is 0 Å². The van der Waals surface area contributed by atoms with Gasteiger partial charge in [-0.25, -0.2) is 0 Å². The highest BCUT2D eigenvalue weighted by Gasteiger charge is 2.36. The van der Waals surface area contributed by atoms with E-state index in [-0.39, 0.29) is 11.9 Å². The molecular formula is C18H18ClNO2S. The Kier molecular flexibility index (Phi) is 4.57. The van der Waals surface area contributed by atoms with Gasteiger partial charge in [-0.15, -0.1) is 11.3 Å². The van der Waals surface area contributed by atoms with Gasteiger partial charge in [0, 0.05) is 11.4 Å². The van der Waals surface area contributed by atoms with Gasteiger partial charge < -0.3 is 10.0 Å². The van der Waals surface area contributed by atoms with E-state index in [1.807, 2.05) is 37.3 Å². The van der Waals surface area contributed by atoms with E-state index in [1.54, 1.807) is 4.90 Å². The maximum atomic E-state index is 12.4. The third-order valence-corrected chi connectivity index (χ3v) is 5.58. The fourth-order valence-electron chi connectivity index (χ4n) is 3.13. The first-order valence-corrected chi connectivity index (χ1v) is 8.64. The number of carbonyl (C=O) groups excluding carboxylic acids is 1. The Bertz CT molecular complexity index is 755. The van der Waals surface area contributed by atoms with Crippen molar-refractivity contribution in [2.75, 3.05) is 0 Å². The van der Waals surface area contributed by atoms with Crippen LogP contribution >= 0.6 is 22.9 Å². The molecule has 0 bridgehead atoms. The third-order valence-electron chi connectivity index (χ3n) is 4.36. The Hall–Kier alpha value is -1.62. The SMILES string of the molecule is C=CC(=O)N(Cc1cc(Cl)sc1C)[C@@H]1Cc2ccccc2[C@@H]1O. The molecule has 3 nitrogen and oxygen atoms in total. The van der Waals surface area contributed by atoms with Crippen molar-refractivity contribution in [2.24, 2.45) is 0 Å². The van der Waals surface area contributed by atoms with Crippen LogP contribution in [0.4, 0.5) is 0 Å². The lowest BCUT2D eigenvalue weighted by molar-refractivity contribution is -0.131. The molecule has 1 aromatic carbocycles. The van der Waals surface area contributed by atoms with Crippen molar-refractivity contribution < 1.29 is 9.90 Å². The van der Waals surface area contributed by atoms with Gasteiger partial charge in [-0.2, -0.15) is 0 Å². The van der Waals surface area contributed by atoms with E-state index in [0.717, 1.165) is 21.6 Å². The topological polar surface area (TPSA) is 40.5 Å². The second-order valence-corrected chi connectivity index (χ2v) is 7.60. The van der Waals surface area contributed by atoms with E-state index in [9.17, 15) is 9.90 Å². The number of fused-ring (bicyclic) bond motifs is 1. The molecule has 1 aromatic heterocycles. The minimum absolute atomic E-state index is 0.177. The van der Waals surface area contributed by atoms with Crippen LogP contribution in [0, 0.1) is 6.92 Å². The maximum absolute atomic E-state index is 12.4. The summed E-state index contributed by atoms with van der Waals surface area (Å²) >= 11 is 7.57. The van der Waals surface area contributed by atoms with Gasteiger partial charge in [0.25, 0.3) is 0 Å². The number of carbonyl (C=O) groups is 1. The molecule has 0 saturated carbocycles. The molecular weight excluding hydrogens is 330 g/mol. The quantitative estimate of drug-likeness (QED) is 0.852. The molecule has 0 unspecified atom stereocenters. The van der Waals surface area contributed by atoms with Crippen molar-refractivity contribution in [3.05, 3.63) is 68.9 Å². The number of hydrogen-bond acceptors (Lipinski definition) is 3. The normalized spacial score (nSPS) is 19.4. The molecule has 1 amide bonds. The minimum atomic E-state index is -0.676. The molecule has 0 radical (unpaired) electrons. The van der Waals surface area contributed by atoms with Gasteiger partial charge in [-0.1, -0.05) is 42.4 Å². The molecule has 1 N–H and O–H groups in total. The summed E-state index contributed by atoms with van der Waals surface area (Å²) in [4.78, 5) is 15.2. The lowest BCUT2D eigenvalue weighted by Crippen LogP contribution is -2.41. The second-order valence-electron chi connectivity index (χ2n) is 5.72. The van der Waals surface area contributed by atoms with E-state index in [4.69, 9.17) is 11.6 Å². The van der Waals surface area contributed by atoms with Crippen LogP contribution in [-0.2, 0) is 17.8 Å². The highest BCUT2D eigenvalue weighted by molar-refractivity contribution is 7.16. The molecule has 0 spiro atoms. The fraction of sp³-hybridized carbons (Fsp3) is 0.278. The lowest BCUT2D eigenvalue weighted by Gasteiger charge is -2.30. The average Bonchev–Trinajstić information content (AvgIpc) is 3.04. The summed E-state index contributed by atoms with van der Waals surface area (Å²) in [5, 5.41) is 10.7. The average molecular weight is 348 g/mol. The largest absolute Gasteiger partial charge is 0.386 e. The number of rotatable bonds is 4. The zero-order valence-corrected chi connectivity index (χ0v) is 14.4. The van der Waals surface area contributed by atoms with Crippen LogP contribution in [0.1, 0.15) is 27.7 Å². The van der Waals surface area contributed by atoms with Crippen LogP contribution < -0.4 is 0 Å². The van der Waals surface area contributed by atoms with E-state index < -0.39 is 6.10 Å². The molecule has 120 valence electrons. The first kappa shape index (κ1) is 16.2. The Morgan fingerprint density at radius 3 is 2.87 bits per heavy atom. The molecule has 3 rings (SSSR count). The minimum Gasteiger partial charge on any atom is -0.386 e. The van der Waals surface area contributed by atoms with Crippen LogP contribution in [0.15, 0.2) is 43.0 Å².